The molecule has 1 saturated heterocycles. The Morgan fingerprint density at radius 2 is 2.14 bits per heavy atom. The van der Waals surface area contributed by atoms with E-state index in [0.717, 1.165) is 25.2 Å². The number of H-pyrrole nitrogens is 1. The lowest BCUT2D eigenvalue weighted by Gasteiger charge is -2.40. The SMILES string of the molecule is NCC1CCN1CCc1c[nH]c2ccc(-n3cnnc3)cc12. The Balaban J connectivity index is 1.57. The van der Waals surface area contributed by atoms with Gasteiger partial charge in [-0.1, -0.05) is 0 Å². The molecule has 0 spiro atoms. The summed E-state index contributed by atoms with van der Waals surface area (Å²) in [5, 5.41) is 9.02. The minimum Gasteiger partial charge on any atom is -0.361 e. The van der Waals surface area contributed by atoms with Crippen LogP contribution in [0.4, 0.5) is 0 Å². The third kappa shape index (κ3) is 2.30. The van der Waals surface area contributed by atoms with Crippen molar-refractivity contribution in [2.45, 2.75) is 18.9 Å². The van der Waals surface area contributed by atoms with E-state index in [1.54, 1.807) is 12.7 Å². The van der Waals surface area contributed by atoms with E-state index >= 15 is 0 Å². The monoisotopic (exact) mass is 296 g/mol. The van der Waals surface area contributed by atoms with E-state index in [9.17, 15) is 0 Å². The van der Waals surface area contributed by atoms with Crippen LogP contribution >= 0.6 is 0 Å². The molecule has 0 bridgehead atoms. The zero-order valence-corrected chi connectivity index (χ0v) is 12.4. The van der Waals surface area contributed by atoms with E-state index in [0.29, 0.717) is 6.04 Å². The summed E-state index contributed by atoms with van der Waals surface area (Å²) in [5.41, 5.74) is 9.39. The van der Waals surface area contributed by atoms with Gasteiger partial charge in [0, 0.05) is 48.5 Å². The zero-order valence-electron chi connectivity index (χ0n) is 12.4. The Bertz CT molecular complexity index is 758. The molecule has 1 unspecified atom stereocenters. The molecule has 1 aliphatic rings. The second kappa shape index (κ2) is 5.55. The van der Waals surface area contributed by atoms with Gasteiger partial charge in [0.1, 0.15) is 12.7 Å². The molecule has 114 valence electrons. The third-order valence-electron chi connectivity index (χ3n) is 4.67. The van der Waals surface area contributed by atoms with Crippen molar-refractivity contribution in [1.29, 1.82) is 0 Å². The van der Waals surface area contributed by atoms with Gasteiger partial charge in [0.15, 0.2) is 0 Å². The molecule has 1 atom stereocenters. The fourth-order valence-corrected chi connectivity index (χ4v) is 3.19. The second-order valence-electron chi connectivity index (χ2n) is 5.88. The summed E-state index contributed by atoms with van der Waals surface area (Å²) in [6.07, 6.45) is 7.85. The molecule has 0 radical (unpaired) electrons. The minimum atomic E-state index is 0.581. The molecule has 3 heterocycles. The molecule has 22 heavy (non-hydrogen) atoms. The largest absolute Gasteiger partial charge is 0.361 e. The Labute approximate surface area is 128 Å². The molecule has 3 N–H and O–H groups in total. The van der Waals surface area contributed by atoms with Gasteiger partial charge in [-0.25, -0.2) is 0 Å². The lowest BCUT2D eigenvalue weighted by Crippen LogP contribution is -2.52. The molecular formula is C16H20N6. The molecule has 6 heteroatoms. The van der Waals surface area contributed by atoms with Crippen molar-refractivity contribution in [3.63, 3.8) is 0 Å². The summed E-state index contributed by atoms with van der Waals surface area (Å²) in [4.78, 5) is 5.84. The van der Waals surface area contributed by atoms with E-state index in [1.807, 2.05) is 4.57 Å². The lowest BCUT2D eigenvalue weighted by atomic mass is 10.0. The molecule has 6 nitrogen and oxygen atoms in total. The van der Waals surface area contributed by atoms with E-state index < -0.39 is 0 Å². The number of fused-ring (bicyclic) bond motifs is 1. The summed E-state index contributed by atoms with van der Waals surface area (Å²) in [6.45, 7) is 3.02. The van der Waals surface area contributed by atoms with Crippen LogP contribution in [0, 0.1) is 0 Å². The summed E-state index contributed by atoms with van der Waals surface area (Å²) >= 11 is 0. The quantitative estimate of drug-likeness (QED) is 0.744. The number of hydrogen-bond donors (Lipinski definition) is 2. The molecule has 3 aromatic rings. The molecular weight excluding hydrogens is 276 g/mol. The first-order valence-corrected chi connectivity index (χ1v) is 7.74. The zero-order chi connectivity index (χ0) is 14.9. The number of likely N-dealkylation sites (tertiary alicyclic amines) is 1. The number of benzene rings is 1. The van der Waals surface area contributed by atoms with Crippen LogP contribution in [0.2, 0.25) is 0 Å². The molecule has 0 amide bonds. The number of aromatic amines is 1. The van der Waals surface area contributed by atoms with Crippen molar-refractivity contribution in [2.75, 3.05) is 19.6 Å². The lowest BCUT2D eigenvalue weighted by molar-refractivity contribution is 0.0987. The Morgan fingerprint density at radius 1 is 1.27 bits per heavy atom. The van der Waals surface area contributed by atoms with Gasteiger partial charge in [-0.3, -0.25) is 9.47 Å². The predicted molar refractivity (Wildman–Crippen MR) is 86.0 cm³/mol. The van der Waals surface area contributed by atoms with Crippen molar-refractivity contribution in [3.8, 4) is 5.69 Å². The van der Waals surface area contributed by atoms with E-state index in [2.05, 4.69) is 44.5 Å². The maximum absolute atomic E-state index is 5.78. The number of rotatable bonds is 5. The number of nitrogens with zero attached hydrogens (tertiary/aromatic N) is 4. The topological polar surface area (TPSA) is 75.8 Å². The second-order valence-corrected chi connectivity index (χ2v) is 5.88. The Hall–Kier alpha value is -2.18. The number of nitrogens with one attached hydrogen (secondary N) is 1. The van der Waals surface area contributed by atoms with E-state index in [-0.39, 0.29) is 0 Å². The fraction of sp³-hybridized carbons (Fsp3) is 0.375. The predicted octanol–water partition coefficient (Wildman–Crippen LogP) is 1.32. The summed E-state index contributed by atoms with van der Waals surface area (Å²) in [5.74, 6) is 0. The fourth-order valence-electron chi connectivity index (χ4n) is 3.19. The highest BCUT2D eigenvalue weighted by atomic mass is 15.2. The van der Waals surface area contributed by atoms with Crippen LogP contribution in [0.15, 0.2) is 37.1 Å². The van der Waals surface area contributed by atoms with Crippen LogP contribution in [0.3, 0.4) is 0 Å². The number of nitrogens with two attached hydrogens (primary N) is 1. The third-order valence-corrected chi connectivity index (χ3v) is 4.67. The number of aromatic nitrogens is 4. The van der Waals surface area contributed by atoms with Crippen LogP contribution in [0.5, 0.6) is 0 Å². The molecule has 1 aromatic carbocycles. The van der Waals surface area contributed by atoms with Gasteiger partial charge < -0.3 is 10.7 Å². The van der Waals surface area contributed by atoms with Crippen molar-refractivity contribution in [1.82, 2.24) is 24.6 Å². The summed E-state index contributed by atoms with van der Waals surface area (Å²) in [7, 11) is 0. The molecule has 1 aliphatic heterocycles. The smallest absolute Gasteiger partial charge is 0.123 e. The Morgan fingerprint density at radius 3 is 2.86 bits per heavy atom. The van der Waals surface area contributed by atoms with Crippen molar-refractivity contribution in [3.05, 3.63) is 42.6 Å². The van der Waals surface area contributed by atoms with E-state index in [4.69, 9.17) is 5.73 Å². The normalized spacial score (nSPS) is 18.7. The van der Waals surface area contributed by atoms with Crippen LogP contribution < -0.4 is 5.73 Å². The summed E-state index contributed by atoms with van der Waals surface area (Å²) < 4.78 is 1.93. The first-order chi connectivity index (χ1) is 10.8. The first-order valence-electron chi connectivity index (χ1n) is 7.74. The standard InChI is InChI=1S/C16H20N6/c17-8-14-4-6-21(14)5-3-12-9-18-16-2-1-13(7-15(12)16)22-10-19-20-11-22/h1-2,7,9-11,14,18H,3-6,8,17H2. The van der Waals surface area contributed by atoms with Crippen LogP contribution in [0.25, 0.3) is 16.6 Å². The maximum Gasteiger partial charge on any atom is 0.123 e. The van der Waals surface area contributed by atoms with Gasteiger partial charge in [-0.2, -0.15) is 0 Å². The van der Waals surface area contributed by atoms with Crippen LogP contribution in [-0.4, -0.2) is 50.3 Å². The highest BCUT2D eigenvalue weighted by molar-refractivity contribution is 5.85. The molecule has 2 aromatic heterocycles. The first kappa shape index (κ1) is 13.5. The van der Waals surface area contributed by atoms with Crippen molar-refractivity contribution >= 4 is 10.9 Å². The minimum absolute atomic E-state index is 0.581. The average Bonchev–Trinajstić information content (AvgIpc) is 3.16. The van der Waals surface area contributed by atoms with Crippen LogP contribution in [-0.2, 0) is 6.42 Å². The van der Waals surface area contributed by atoms with Gasteiger partial charge >= 0.3 is 0 Å². The molecule has 0 aliphatic carbocycles. The molecule has 0 saturated carbocycles. The van der Waals surface area contributed by atoms with E-state index in [1.165, 1.54) is 29.4 Å². The highest BCUT2D eigenvalue weighted by Crippen LogP contribution is 2.23. The van der Waals surface area contributed by atoms with Gasteiger partial charge in [0.2, 0.25) is 0 Å². The van der Waals surface area contributed by atoms with Gasteiger partial charge in [0.05, 0.1) is 0 Å². The molecule has 1 fully saturated rings. The van der Waals surface area contributed by atoms with Gasteiger partial charge in [-0.15, -0.1) is 10.2 Å². The van der Waals surface area contributed by atoms with Crippen molar-refractivity contribution < 1.29 is 0 Å². The molecule has 4 rings (SSSR count). The van der Waals surface area contributed by atoms with Gasteiger partial charge in [-0.05, 0) is 36.6 Å². The highest BCUT2D eigenvalue weighted by Gasteiger charge is 2.25. The average molecular weight is 296 g/mol. The Kier molecular flexibility index (Phi) is 3.40. The summed E-state index contributed by atoms with van der Waals surface area (Å²) in [6, 6.07) is 6.96. The number of hydrogen-bond acceptors (Lipinski definition) is 4. The van der Waals surface area contributed by atoms with Crippen molar-refractivity contribution in [2.24, 2.45) is 5.73 Å². The van der Waals surface area contributed by atoms with Crippen LogP contribution in [0.1, 0.15) is 12.0 Å². The maximum atomic E-state index is 5.78. The van der Waals surface area contributed by atoms with Gasteiger partial charge in [0.25, 0.3) is 0 Å².